The summed E-state index contributed by atoms with van der Waals surface area (Å²) >= 11 is 12.3. The molecule has 44 heavy (non-hydrogen) atoms. The maximum Gasteiger partial charge on any atom is 0.282 e. The highest BCUT2D eigenvalue weighted by atomic mass is 35.5. The Hall–Kier alpha value is -4.33. The molecular weight excluding hydrogens is 597 g/mol. The summed E-state index contributed by atoms with van der Waals surface area (Å²) in [5.41, 5.74) is 4.47. The standard InChI is InChI=1S/C35H33Cl2N3O4/c1-6-43-32-16-22(4)27(18-26(32)21(2)3)34-39-30-12-8-7-11-25(30)35(41)40(34)38-19-24-10-9-13-31(42-5)33(24)44-20-23-14-15-28(36)29(37)17-23/h7-19,21H,6,20H2,1-5H3. The summed E-state index contributed by atoms with van der Waals surface area (Å²) in [6.07, 6.45) is 1.58. The van der Waals surface area contributed by atoms with Crippen LogP contribution in [0.2, 0.25) is 10.0 Å². The van der Waals surface area contributed by atoms with Gasteiger partial charge in [0.05, 0.1) is 40.9 Å². The topological polar surface area (TPSA) is 74.9 Å². The predicted molar refractivity (Wildman–Crippen MR) is 178 cm³/mol. The predicted octanol–water partition coefficient (Wildman–Crippen LogP) is 8.67. The highest BCUT2D eigenvalue weighted by Crippen LogP contribution is 2.35. The van der Waals surface area contributed by atoms with E-state index in [9.17, 15) is 4.79 Å². The van der Waals surface area contributed by atoms with Crippen molar-refractivity contribution in [1.29, 1.82) is 0 Å². The molecule has 5 rings (SSSR count). The molecule has 0 saturated heterocycles. The first kappa shape index (κ1) is 31.1. The van der Waals surface area contributed by atoms with Gasteiger partial charge in [0.2, 0.25) is 0 Å². The maximum atomic E-state index is 13.9. The maximum absolute atomic E-state index is 13.9. The van der Waals surface area contributed by atoms with Gasteiger partial charge in [-0.3, -0.25) is 4.79 Å². The van der Waals surface area contributed by atoms with Crippen LogP contribution in [0.1, 0.15) is 48.9 Å². The van der Waals surface area contributed by atoms with Gasteiger partial charge in [0.25, 0.3) is 5.56 Å². The average molecular weight is 631 g/mol. The SMILES string of the molecule is CCOc1cc(C)c(-c2nc3ccccc3c(=O)n2N=Cc2cccc(OC)c2OCc2ccc(Cl)c(Cl)c2)cc1C(C)C. The minimum absolute atomic E-state index is 0.187. The van der Waals surface area contributed by atoms with Crippen molar-refractivity contribution >= 4 is 40.3 Å². The zero-order chi connectivity index (χ0) is 31.4. The summed E-state index contributed by atoms with van der Waals surface area (Å²) in [7, 11) is 1.57. The fraction of sp³-hybridized carbons (Fsp3) is 0.229. The van der Waals surface area contributed by atoms with Gasteiger partial charge in [0.1, 0.15) is 12.4 Å². The first-order valence-electron chi connectivity index (χ1n) is 14.3. The van der Waals surface area contributed by atoms with Gasteiger partial charge in [-0.05, 0) is 85.0 Å². The summed E-state index contributed by atoms with van der Waals surface area (Å²) in [4.78, 5) is 18.9. The Bertz CT molecular complexity index is 1920. The number of hydrogen-bond acceptors (Lipinski definition) is 6. The third-order valence-corrected chi connectivity index (χ3v) is 7.92. The molecule has 1 heterocycles. The van der Waals surface area contributed by atoms with Crippen LogP contribution in [0.3, 0.4) is 0 Å². The molecule has 0 fully saturated rings. The summed E-state index contributed by atoms with van der Waals surface area (Å²) in [5, 5.41) is 6.07. The van der Waals surface area contributed by atoms with Crippen LogP contribution in [0.25, 0.3) is 22.3 Å². The van der Waals surface area contributed by atoms with E-state index in [0.29, 0.717) is 50.4 Å². The van der Waals surface area contributed by atoms with Crippen LogP contribution in [0, 0.1) is 6.92 Å². The summed E-state index contributed by atoms with van der Waals surface area (Å²) in [6.45, 7) is 8.93. The number of fused-ring (bicyclic) bond motifs is 1. The van der Waals surface area contributed by atoms with Crippen LogP contribution in [0.15, 0.2) is 82.7 Å². The fourth-order valence-corrected chi connectivity index (χ4v) is 5.25. The molecular formula is C35H33Cl2N3O4. The van der Waals surface area contributed by atoms with Crippen molar-refractivity contribution in [3.63, 3.8) is 0 Å². The molecule has 0 unspecified atom stereocenters. The number of nitrogens with zero attached hydrogens (tertiary/aromatic N) is 3. The molecule has 0 radical (unpaired) electrons. The number of rotatable bonds is 10. The second-order valence-electron chi connectivity index (χ2n) is 10.5. The van der Waals surface area contributed by atoms with Gasteiger partial charge in [-0.2, -0.15) is 9.78 Å². The Labute approximate surface area is 266 Å². The third kappa shape index (κ3) is 6.44. The van der Waals surface area contributed by atoms with Crippen molar-refractivity contribution in [1.82, 2.24) is 9.66 Å². The molecule has 5 aromatic rings. The van der Waals surface area contributed by atoms with Crippen LogP contribution < -0.4 is 19.8 Å². The van der Waals surface area contributed by atoms with E-state index >= 15 is 0 Å². The van der Waals surface area contributed by atoms with E-state index in [1.807, 2.05) is 62.4 Å². The van der Waals surface area contributed by atoms with Crippen molar-refractivity contribution in [3.8, 4) is 28.6 Å². The van der Waals surface area contributed by atoms with E-state index in [2.05, 4.69) is 13.8 Å². The van der Waals surface area contributed by atoms with E-state index < -0.39 is 0 Å². The molecule has 0 aliphatic heterocycles. The molecule has 0 spiro atoms. The van der Waals surface area contributed by atoms with E-state index in [1.165, 1.54) is 4.68 Å². The average Bonchev–Trinajstić information content (AvgIpc) is 3.01. The lowest BCUT2D eigenvalue weighted by molar-refractivity contribution is 0.284. The van der Waals surface area contributed by atoms with Crippen molar-refractivity contribution in [3.05, 3.63) is 115 Å². The molecule has 0 N–H and O–H groups in total. The van der Waals surface area contributed by atoms with Gasteiger partial charge in [-0.1, -0.05) is 61.3 Å². The Morgan fingerprint density at radius 1 is 0.955 bits per heavy atom. The molecule has 0 amide bonds. The summed E-state index contributed by atoms with van der Waals surface area (Å²) in [6, 6.07) is 22.1. The van der Waals surface area contributed by atoms with Crippen LogP contribution in [-0.2, 0) is 6.61 Å². The lowest BCUT2D eigenvalue weighted by atomic mass is 9.96. The van der Waals surface area contributed by atoms with Crippen LogP contribution in [0.5, 0.6) is 17.2 Å². The molecule has 0 aliphatic rings. The van der Waals surface area contributed by atoms with E-state index in [1.54, 1.807) is 37.6 Å². The van der Waals surface area contributed by atoms with Crippen LogP contribution in [-0.4, -0.2) is 29.6 Å². The van der Waals surface area contributed by atoms with Crippen molar-refractivity contribution in [2.45, 2.75) is 40.2 Å². The van der Waals surface area contributed by atoms with E-state index in [4.69, 9.17) is 47.5 Å². The van der Waals surface area contributed by atoms with Crippen LogP contribution >= 0.6 is 23.2 Å². The molecule has 226 valence electrons. The molecule has 9 heteroatoms. The summed E-state index contributed by atoms with van der Waals surface area (Å²) in [5.74, 6) is 2.41. The number of aryl methyl sites for hydroxylation is 1. The normalized spacial score (nSPS) is 11.5. The Kier molecular flexibility index (Phi) is 9.57. The molecule has 0 bridgehead atoms. The van der Waals surface area contributed by atoms with Gasteiger partial charge in [0, 0.05) is 11.1 Å². The van der Waals surface area contributed by atoms with Crippen molar-refractivity contribution in [2.75, 3.05) is 13.7 Å². The second-order valence-corrected chi connectivity index (χ2v) is 11.3. The minimum Gasteiger partial charge on any atom is -0.494 e. The highest BCUT2D eigenvalue weighted by Gasteiger charge is 2.19. The Balaban J connectivity index is 1.64. The first-order chi connectivity index (χ1) is 21.2. The first-order valence-corrected chi connectivity index (χ1v) is 15.0. The highest BCUT2D eigenvalue weighted by molar-refractivity contribution is 6.42. The van der Waals surface area contributed by atoms with E-state index in [-0.39, 0.29) is 18.1 Å². The van der Waals surface area contributed by atoms with Crippen molar-refractivity contribution in [2.24, 2.45) is 5.10 Å². The quantitative estimate of drug-likeness (QED) is 0.144. The molecule has 0 aliphatic carbocycles. The smallest absolute Gasteiger partial charge is 0.282 e. The number of methoxy groups -OCH3 is 1. The molecule has 7 nitrogen and oxygen atoms in total. The Morgan fingerprint density at radius 3 is 2.48 bits per heavy atom. The lowest BCUT2D eigenvalue weighted by Crippen LogP contribution is -2.21. The van der Waals surface area contributed by atoms with Crippen LogP contribution in [0.4, 0.5) is 0 Å². The number of benzene rings is 4. The summed E-state index contributed by atoms with van der Waals surface area (Å²) < 4.78 is 19.1. The molecule has 0 atom stereocenters. The fourth-order valence-electron chi connectivity index (χ4n) is 4.93. The van der Waals surface area contributed by atoms with Gasteiger partial charge >= 0.3 is 0 Å². The number of aromatic nitrogens is 2. The number of hydrogen-bond donors (Lipinski definition) is 0. The number of ether oxygens (including phenoxy) is 3. The second kappa shape index (κ2) is 13.5. The molecule has 1 aromatic heterocycles. The zero-order valence-electron chi connectivity index (χ0n) is 25.2. The molecule has 4 aromatic carbocycles. The minimum atomic E-state index is -0.289. The molecule has 0 saturated carbocycles. The number of halogens is 2. The van der Waals surface area contributed by atoms with Gasteiger partial charge in [-0.15, -0.1) is 0 Å². The van der Waals surface area contributed by atoms with Gasteiger partial charge in [-0.25, -0.2) is 4.98 Å². The third-order valence-electron chi connectivity index (χ3n) is 7.18. The van der Waals surface area contributed by atoms with Gasteiger partial charge < -0.3 is 14.2 Å². The number of para-hydroxylation sites is 2. The van der Waals surface area contributed by atoms with E-state index in [0.717, 1.165) is 28.0 Å². The Morgan fingerprint density at radius 2 is 1.75 bits per heavy atom. The largest absolute Gasteiger partial charge is 0.494 e. The monoisotopic (exact) mass is 629 g/mol. The zero-order valence-corrected chi connectivity index (χ0v) is 26.7. The van der Waals surface area contributed by atoms with Crippen molar-refractivity contribution < 1.29 is 14.2 Å². The lowest BCUT2D eigenvalue weighted by Gasteiger charge is -2.18. The van der Waals surface area contributed by atoms with Gasteiger partial charge in [0.15, 0.2) is 17.3 Å².